The molecule has 0 saturated heterocycles. The highest BCUT2D eigenvalue weighted by atomic mass is 35.5. The van der Waals surface area contributed by atoms with E-state index in [-0.39, 0.29) is 11.7 Å². The van der Waals surface area contributed by atoms with Crippen molar-refractivity contribution < 1.29 is 4.79 Å². The second kappa shape index (κ2) is 9.32. The number of aromatic nitrogens is 1. The summed E-state index contributed by atoms with van der Waals surface area (Å²) in [6.07, 6.45) is 1.11. The number of carbonyl (C=O) groups is 1. The highest BCUT2D eigenvalue weighted by molar-refractivity contribution is 7.14. The molecule has 0 aliphatic carbocycles. The highest BCUT2D eigenvalue weighted by Crippen LogP contribution is 2.21. The largest absolute Gasteiger partial charge is 0.348 e. The van der Waals surface area contributed by atoms with Crippen LogP contribution in [0.15, 0.2) is 5.38 Å². The Morgan fingerprint density at radius 1 is 1.25 bits per heavy atom. The van der Waals surface area contributed by atoms with Crippen molar-refractivity contribution in [2.75, 3.05) is 43.5 Å². The Labute approximate surface area is 130 Å². The number of ketones is 1. The summed E-state index contributed by atoms with van der Waals surface area (Å²) in [5.74, 6) is -0.106. The molecule has 0 N–H and O–H groups in total. The van der Waals surface area contributed by atoms with Crippen LogP contribution in [0.25, 0.3) is 0 Å². The summed E-state index contributed by atoms with van der Waals surface area (Å²) in [7, 11) is 0. The molecule has 0 amide bonds. The Balaban J connectivity index is 2.53. The molecule has 6 heteroatoms. The van der Waals surface area contributed by atoms with Crippen LogP contribution in [0.5, 0.6) is 0 Å². The lowest BCUT2D eigenvalue weighted by atomic mass is 10.3. The van der Waals surface area contributed by atoms with E-state index >= 15 is 0 Å². The summed E-state index contributed by atoms with van der Waals surface area (Å²) in [6, 6.07) is 0. The van der Waals surface area contributed by atoms with Gasteiger partial charge in [0.05, 0.1) is 5.88 Å². The first-order valence-electron chi connectivity index (χ1n) is 7.18. The van der Waals surface area contributed by atoms with Crippen LogP contribution in [-0.4, -0.2) is 54.3 Å². The number of hydrogen-bond acceptors (Lipinski definition) is 5. The van der Waals surface area contributed by atoms with Crippen LogP contribution in [0.1, 0.15) is 37.7 Å². The van der Waals surface area contributed by atoms with Crippen molar-refractivity contribution in [3.63, 3.8) is 0 Å². The smallest absolute Gasteiger partial charge is 0.196 e. The van der Waals surface area contributed by atoms with Crippen LogP contribution < -0.4 is 4.90 Å². The molecule has 0 radical (unpaired) electrons. The first-order chi connectivity index (χ1) is 9.65. The molecule has 1 aromatic rings. The van der Waals surface area contributed by atoms with Gasteiger partial charge in [0.25, 0.3) is 0 Å². The quantitative estimate of drug-likeness (QED) is 0.491. The first kappa shape index (κ1) is 17.4. The SMILES string of the molecule is CCN(CC)CCCN(CC)c1nc(C(=O)CCl)cs1. The molecular formula is C14H24ClN3OS. The normalized spacial score (nSPS) is 11.1. The molecule has 0 fully saturated rings. The van der Waals surface area contributed by atoms with Gasteiger partial charge in [0.15, 0.2) is 10.9 Å². The third-order valence-electron chi connectivity index (χ3n) is 3.35. The number of rotatable bonds is 10. The molecule has 0 atom stereocenters. The number of halogens is 1. The Kier molecular flexibility index (Phi) is 8.11. The van der Waals surface area contributed by atoms with Gasteiger partial charge >= 0.3 is 0 Å². The van der Waals surface area contributed by atoms with E-state index in [1.54, 1.807) is 5.38 Å². The first-order valence-corrected chi connectivity index (χ1v) is 8.59. The van der Waals surface area contributed by atoms with Crippen LogP contribution in [0, 0.1) is 0 Å². The average molecular weight is 318 g/mol. The number of anilines is 1. The van der Waals surface area contributed by atoms with Gasteiger partial charge in [-0.25, -0.2) is 4.98 Å². The Bertz CT molecular complexity index is 407. The lowest BCUT2D eigenvalue weighted by molar-refractivity contribution is 0.101. The number of Topliss-reactive ketones (excluding diaryl/α,β-unsaturated/α-hetero) is 1. The third-order valence-corrected chi connectivity index (χ3v) is 4.49. The van der Waals surface area contributed by atoms with Crippen LogP contribution >= 0.6 is 22.9 Å². The zero-order valence-electron chi connectivity index (χ0n) is 12.6. The minimum absolute atomic E-state index is 0.00272. The van der Waals surface area contributed by atoms with Crippen molar-refractivity contribution in [2.45, 2.75) is 27.2 Å². The molecule has 114 valence electrons. The van der Waals surface area contributed by atoms with E-state index in [1.165, 1.54) is 11.3 Å². The number of carbonyl (C=O) groups excluding carboxylic acids is 1. The monoisotopic (exact) mass is 317 g/mol. The summed E-state index contributed by atoms with van der Waals surface area (Å²) in [5, 5.41) is 2.72. The van der Waals surface area contributed by atoms with Gasteiger partial charge in [0, 0.05) is 18.5 Å². The third kappa shape index (κ3) is 5.04. The van der Waals surface area contributed by atoms with E-state index in [0.717, 1.165) is 44.3 Å². The Hall–Kier alpha value is -0.650. The van der Waals surface area contributed by atoms with Crippen molar-refractivity contribution >= 4 is 33.9 Å². The molecule has 0 spiro atoms. The maximum atomic E-state index is 11.5. The van der Waals surface area contributed by atoms with Crippen molar-refractivity contribution in [1.29, 1.82) is 0 Å². The van der Waals surface area contributed by atoms with Crippen LogP contribution in [-0.2, 0) is 0 Å². The molecule has 0 bridgehead atoms. The van der Waals surface area contributed by atoms with Gasteiger partial charge in [-0.05, 0) is 33.0 Å². The Morgan fingerprint density at radius 3 is 2.50 bits per heavy atom. The van der Waals surface area contributed by atoms with E-state index < -0.39 is 0 Å². The second-order valence-electron chi connectivity index (χ2n) is 4.53. The molecule has 0 aliphatic heterocycles. The van der Waals surface area contributed by atoms with Gasteiger partial charge in [-0.3, -0.25) is 4.79 Å². The van der Waals surface area contributed by atoms with Gasteiger partial charge in [-0.2, -0.15) is 0 Å². The number of nitrogens with zero attached hydrogens (tertiary/aromatic N) is 3. The summed E-state index contributed by atoms with van der Waals surface area (Å²) >= 11 is 7.07. The van der Waals surface area contributed by atoms with Crippen molar-refractivity contribution in [2.24, 2.45) is 0 Å². The van der Waals surface area contributed by atoms with Crippen LogP contribution in [0.3, 0.4) is 0 Å². The zero-order valence-corrected chi connectivity index (χ0v) is 14.1. The molecule has 0 aromatic carbocycles. The predicted molar refractivity (Wildman–Crippen MR) is 87.5 cm³/mol. The number of hydrogen-bond donors (Lipinski definition) is 0. The summed E-state index contributed by atoms with van der Waals surface area (Å²) in [4.78, 5) is 20.5. The Morgan fingerprint density at radius 2 is 1.95 bits per heavy atom. The second-order valence-corrected chi connectivity index (χ2v) is 5.64. The average Bonchev–Trinajstić information content (AvgIpc) is 2.96. The standard InChI is InChI=1S/C14H24ClN3OS/c1-4-17(5-2)8-7-9-18(6-3)14-16-12(11-20-14)13(19)10-15/h11H,4-10H2,1-3H3. The van der Waals surface area contributed by atoms with Gasteiger partial charge in [0.1, 0.15) is 5.69 Å². The summed E-state index contributed by atoms with van der Waals surface area (Å²) in [5.41, 5.74) is 0.488. The van der Waals surface area contributed by atoms with E-state index in [2.05, 4.69) is 35.6 Å². The van der Waals surface area contributed by atoms with E-state index in [9.17, 15) is 4.79 Å². The van der Waals surface area contributed by atoms with E-state index in [1.807, 2.05) is 0 Å². The van der Waals surface area contributed by atoms with Crippen molar-refractivity contribution in [1.82, 2.24) is 9.88 Å². The maximum absolute atomic E-state index is 11.5. The predicted octanol–water partition coefficient (Wildman–Crippen LogP) is 3.12. The topological polar surface area (TPSA) is 36.4 Å². The fourth-order valence-corrected chi connectivity index (χ4v) is 3.08. The highest BCUT2D eigenvalue weighted by Gasteiger charge is 2.13. The van der Waals surface area contributed by atoms with Crippen LogP contribution in [0.4, 0.5) is 5.13 Å². The molecule has 1 heterocycles. The maximum Gasteiger partial charge on any atom is 0.196 e. The van der Waals surface area contributed by atoms with Gasteiger partial charge in [0.2, 0.25) is 0 Å². The molecule has 20 heavy (non-hydrogen) atoms. The van der Waals surface area contributed by atoms with E-state index in [0.29, 0.717) is 5.69 Å². The fraction of sp³-hybridized carbons (Fsp3) is 0.714. The van der Waals surface area contributed by atoms with Crippen LogP contribution in [0.2, 0.25) is 0 Å². The van der Waals surface area contributed by atoms with Gasteiger partial charge < -0.3 is 9.80 Å². The molecule has 0 unspecified atom stereocenters. The fourth-order valence-electron chi connectivity index (χ4n) is 2.02. The molecule has 0 aliphatic rings. The molecule has 1 aromatic heterocycles. The lowest BCUT2D eigenvalue weighted by Gasteiger charge is -2.23. The molecular weight excluding hydrogens is 294 g/mol. The molecule has 0 saturated carbocycles. The molecule has 1 rings (SSSR count). The van der Waals surface area contributed by atoms with Gasteiger partial charge in [-0.15, -0.1) is 22.9 Å². The zero-order chi connectivity index (χ0) is 15.0. The van der Waals surface area contributed by atoms with Gasteiger partial charge in [-0.1, -0.05) is 13.8 Å². The number of alkyl halides is 1. The van der Waals surface area contributed by atoms with Crippen molar-refractivity contribution in [3.8, 4) is 0 Å². The molecule has 4 nitrogen and oxygen atoms in total. The summed E-state index contributed by atoms with van der Waals surface area (Å²) < 4.78 is 0. The van der Waals surface area contributed by atoms with Crippen molar-refractivity contribution in [3.05, 3.63) is 11.1 Å². The lowest BCUT2D eigenvalue weighted by Crippen LogP contribution is -2.30. The minimum atomic E-state index is -0.103. The van der Waals surface area contributed by atoms with E-state index in [4.69, 9.17) is 11.6 Å². The number of thiazole rings is 1. The summed E-state index contributed by atoms with van der Waals surface area (Å²) in [6.45, 7) is 11.6. The minimum Gasteiger partial charge on any atom is -0.348 e.